The molecule has 1 fully saturated rings. The average molecular weight is 115 g/mol. The van der Waals surface area contributed by atoms with Crippen molar-refractivity contribution >= 4 is 0 Å². The predicted molar refractivity (Wildman–Crippen MR) is 32.7 cm³/mol. The van der Waals surface area contributed by atoms with Gasteiger partial charge in [-0.3, -0.25) is 0 Å². The fourth-order valence-corrected chi connectivity index (χ4v) is 1.16. The first-order valence-corrected chi connectivity index (χ1v) is 3.06. The number of hydrogen-bond donors (Lipinski definition) is 2. The van der Waals surface area contributed by atoms with Gasteiger partial charge < -0.3 is 10.4 Å². The fraction of sp³-hybridized carbons (Fsp3) is 1.00. The van der Waals surface area contributed by atoms with E-state index in [-0.39, 0.29) is 0 Å². The summed E-state index contributed by atoms with van der Waals surface area (Å²) < 4.78 is 0. The van der Waals surface area contributed by atoms with E-state index in [2.05, 4.69) is 5.32 Å². The predicted octanol–water partition coefficient (Wildman–Crippen LogP) is 0.119. The minimum absolute atomic E-state index is 0.336. The van der Waals surface area contributed by atoms with E-state index in [1.807, 2.05) is 14.0 Å². The standard InChI is InChI=1S/C6H13NO/c1-6(8)4-3-5(6)7-2/h5,7-8H,3-4H2,1-2H3/t5?,6-/m0/s1. The van der Waals surface area contributed by atoms with Crippen molar-refractivity contribution in [2.45, 2.75) is 31.4 Å². The average Bonchev–Trinajstić information content (AvgIpc) is 1.66. The molecule has 0 spiro atoms. The van der Waals surface area contributed by atoms with Gasteiger partial charge in [0.15, 0.2) is 0 Å². The highest BCUT2D eigenvalue weighted by Crippen LogP contribution is 2.30. The van der Waals surface area contributed by atoms with Gasteiger partial charge in [-0.15, -0.1) is 0 Å². The smallest absolute Gasteiger partial charge is 0.0772 e. The normalized spacial score (nSPS) is 46.1. The highest BCUT2D eigenvalue weighted by Gasteiger charge is 2.39. The topological polar surface area (TPSA) is 32.3 Å². The summed E-state index contributed by atoms with van der Waals surface area (Å²) in [7, 11) is 1.89. The third-order valence-electron chi connectivity index (χ3n) is 2.04. The van der Waals surface area contributed by atoms with Gasteiger partial charge >= 0.3 is 0 Å². The van der Waals surface area contributed by atoms with Crippen LogP contribution in [0.4, 0.5) is 0 Å². The molecule has 1 unspecified atom stereocenters. The minimum atomic E-state index is -0.422. The van der Waals surface area contributed by atoms with E-state index >= 15 is 0 Å². The van der Waals surface area contributed by atoms with E-state index in [0.717, 1.165) is 12.8 Å². The second-order valence-electron chi connectivity index (χ2n) is 2.74. The molecule has 1 aliphatic rings. The second-order valence-corrected chi connectivity index (χ2v) is 2.74. The summed E-state index contributed by atoms with van der Waals surface area (Å²) >= 11 is 0. The van der Waals surface area contributed by atoms with E-state index < -0.39 is 5.60 Å². The van der Waals surface area contributed by atoms with Gasteiger partial charge in [-0.25, -0.2) is 0 Å². The zero-order valence-electron chi connectivity index (χ0n) is 5.44. The summed E-state index contributed by atoms with van der Waals surface area (Å²) in [5.41, 5.74) is -0.422. The summed E-state index contributed by atoms with van der Waals surface area (Å²) in [6.07, 6.45) is 2.06. The molecule has 2 heteroatoms. The molecule has 8 heavy (non-hydrogen) atoms. The molecule has 0 bridgehead atoms. The van der Waals surface area contributed by atoms with Crippen molar-refractivity contribution in [3.05, 3.63) is 0 Å². The van der Waals surface area contributed by atoms with Gasteiger partial charge in [0, 0.05) is 6.04 Å². The fourth-order valence-electron chi connectivity index (χ4n) is 1.16. The van der Waals surface area contributed by atoms with Crippen molar-refractivity contribution in [3.8, 4) is 0 Å². The van der Waals surface area contributed by atoms with Crippen LogP contribution in [0.2, 0.25) is 0 Å². The van der Waals surface area contributed by atoms with E-state index in [1.54, 1.807) is 0 Å². The zero-order chi connectivity index (χ0) is 6.20. The number of nitrogens with one attached hydrogen (secondary N) is 1. The molecule has 2 nitrogen and oxygen atoms in total. The molecule has 48 valence electrons. The van der Waals surface area contributed by atoms with Crippen molar-refractivity contribution < 1.29 is 5.11 Å². The maximum atomic E-state index is 9.31. The van der Waals surface area contributed by atoms with Crippen molar-refractivity contribution in [3.63, 3.8) is 0 Å². The van der Waals surface area contributed by atoms with Crippen molar-refractivity contribution in [2.24, 2.45) is 0 Å². The van der Waals surface area contributed by atoms with Crippen LogP contribution in [-0.4, -0.2) is 23.8 Å². The summed E-state index contributed by atoms with van der Waals surface area (Å²) in [6.45, 7) is 1.87. The molecular formula is C6H13NO. The Balaban J connectivity index is 2.37. The molecular weight excluding hydrogens is 102 g/mol. The van der Waals surface area contributed by atoms with Gasteiger partial charge in [-0.1, -0.05) is 0 Å². The molecule has 0 aliphatic heterocycles. The molecule has 2 atom stereocenters. The van der Waals surface area contributed by atoms with Crippen LogP contribution in [0.25, 0.3) is 0 Å². The van der Waals surface area contributed by atoms with Crippen LogP contribution in [0.5, 0.6) is 0 Å². The monoisotopic (exact) mass is 115 g/mol. The lowest BCUT2D eigenvalue weighted by Crippen LogP contribution is -2.55. The van der Waals surface area contributed by atoms with Crippen LogP contribution in [0, 0.1) is 0 Å². The first-order chi connectivity index (χ1) is 3.67. The first kappa shape index (κ1) is 6.05. The summed E-state index contributed by atoms with van der Waals surface area (Å²) in [6, 6.07) is 0.336. The van der Waals surface area contributed by atoms with Crippen LogP contribution < -0.4 is 5.32 Å². The highest BCUT2D eigenvalue weighted by atomic mass is 16.3. The molecule has 0 aromatic rings. The summed E-state index contributed by atoms with van der Waals surface area (Å²) in [5, 5.41) is 12.4. The minimum Gasteiger partial charge on any atom is -0.389 e. The number of hydrogen-bond acceptors (Lipinski definition) is 2. The maximum Gasteiger partial charge on any atom is 0.0772 e. The molecule has 0 amide bonds. The lowest BCUT2D eigenvalue weighted by Gasteiger charge is -2.42. The van der Waals surface area contributed by atoms with Crippen LogP contribution in [0.1, 0.15) is 19.8 Å². The first-order valence-electron chi connectivity index (χ1n) is 3.06. The van der Waals surface area contributed by atoms with Crippen molar-refractivity contribution in [1.29, 1.82) is 0 Å². The third-order valence-corrected chi connectivity index (χ3v) is 2.04. The maximum absolute atomic E-state index is 9.31. The Kier molecular flexibility index (Phi) is 1.29. The second kappa shape index (κ2) is 1.71. The van der Waals surface area contributed by atoms with Gasteiger partial charge in [0.2, 0.25) is 0 Å². The van der Waals surface area contributed by atoms with Crippen LogP contribution >= 0.6 is 0 Å². The number of likely N-dealkylation sites (N-methyl/N-ethyl adjacent to an activating group) is 1. The van der Waals surface area contributed by atoms with E-state index in [9.17, 15) is 5.11 Å². The Bertz CT molecular complexity index is 88.5. The van der Waals surface area contributed by atoms with E-state index in [4.69, 9.17) is 0 Å². The molecule has 1 aliphatic carbocycles. The Hall–Kier alpha value is -0.0800. The molecule has 1 saturated carbocycles. The van der Waals surface area contributed by atoms with Gasteiger partial charge in [0.1, 0.15) is 0 Å². The quantitative estimate of drug-likeness (QED) is 0.508. The van der Waals surface area contributed by atoms with Crippen LogP contribution in [0.3, 0.4) is 0 Å². The zero-order valence-corrected chi connectivity index (χ0v) is 5.44. The van der Waals surface area contributed by atoms with Crippen molar-refractivity contribution in [1.82, 2.24) is 5.32 Å². The van der Waals surface area contributed by atoms with Gasteiger partial charge in [0.05, 0.1) is 5.60 Å². The summed E-state index contributed by atoms with van der Waals surface area (Å²) in [5.74, 6) is 0. The third kappa shape index (κ3) is 0.740. The molecule has 0 saturated heterocycles. The highest BCUT2D eigenvalue weighted by molar-refractivity contribution is 4.96. The Labute approximate surface area is 49.9 Å². The Morgan fingerprint density at radius 3 is 2.38 bits per heavy atom. The van der Waals surface area contributed by atoms with Crippen LogP contribution in [-0.2, 0) is 0 Å². The Morgan fingerprint density at radius 1 is 1.75 bits per heavy atom. The van der Waals surface area contributed by atoms with Gasteiger partial charge in [0.25, 0.3) is 0 Å². The molecule has 0 aromatic heterocycles. The van der Waals surface area contributed by atoms with Gasteiger partial charge in [-0.05, 0) is 26.8 Å². The number of rotatable bonds is 1. The summed E-state index contributed by atoms with van der Waals surface area (Å²) in [4.78, 5) is 0. The van der Waals surface area contributed by atoms with Crippen LogP contribution in [0.15, 0.2) is 0 Å². The molecule has 2 N–H and O–H groups in total. The van der Waals surface area contributed by atoms with E-state index in [0.29, 0.717) is 6.04 Å². The lowest BCUT2D eigenvalue weighted by molar-refractivity contribution is -0.0488. The molecule has 0 heterocycles. The number of aliphatic hydroxyl groups is 1. The van der Waals surface area contributed by atoms with Gasteiger partial charge in [-0.2, -0.15) is 0 Å². The SMILES string of the molecule is CNC1CC[C@]1(C)O. The molecule has 0 aromatic carbocycles. The molecule has 1 rings (SSSR count). The Morgan fingerprint density at radius 2 is 2.38 bits per heavy atom. The largest absolute Gasteiger partial charge is 0.389 e. The lowest BCUT2D eigenvalue weighted by atomic mass is 9.76. The molecule has 0 radical (unpaired) electrons. The van der Waals surface area contributed by atoms with Crippen molar-refractivity contribution in [2.75, 3.05) is 7.05 Å². The van der Waals surface area contributed by atoms with E-state index in [1.165, 1.54) is 0 Å².